The highest BCUT2D eigenvalue weighted by atomic mass is 16.7. The zero-order chi connectivity index (χ0) is 19.9. The lowest BCUT2D eigenvalue weighted by molar-refractivity contribution is -0.143. The molecule has 0 saturated carbocycles. The molecule has 0 aromatic heterocycles. The van der Waals surface area contributed by atoms with Gasteiger partial charge in [0.2, 0.25) is 12.7 Å². The molecule has 0 radical (unpaired) electrons. The van der Waals surface area contributed by atoms with Crippen LogP contribution in [0.5, 0.6) is 11.5 Å². The number of nitrogens with zero attached hydrogens (tertiary/aromatic N) is 2. The summed E-state index contributed by atoms with van der Waals surface area (Å²) in [5.41, 5.74) is -0.292. The van der Waals surface area contributed by atoms with Gasteiger partial charge in [0, 0.05) is 19.5 Å². The number of ether oxygens (including phenoxy) is 3. The lowest BCUT2D eigenvalue weighted by Crippen LogP contribution is -2.50. The zero-order valence-corrected chi connectivity index (χ0v) is 15.9. The zero-order valence-electron chi connectivity index (χ0n) is 15.9. The Labute approximate surface area is 162 Å². The van der Waals surface area contributed by atoms with E-state index in [0.717, 1.165) is 10.5 Å². The summed E-state index contributed by atoms with van der Waals surface area (Å²) in [6, 6.07) is 4.86. The molecule has 9 nitrogen and oxygen atoms in total. The molecule has 150 valence electrons. The maximum Gasteiger partial charge on any atom is 0.325 e. The van der Waals surface area contributed by atoms with E-state index < -0.39 is 17.5 Å². The van der Waals surface area contributed by atoms with E-state index in [2.05, 4.69) is 5.32 Å². The number of hydrogen-bond acceptors (Lipinski definition) is 6. The normalized spacial score (nSPS) is 26.6. The Balaban J connectivity index is 1.44. The maximum absolute atomic E-state index is 12.9. The van der Waals surface area contributed by atoms with Crippen LogP contribution in [0.2, 0.25) is 0 Å². The van der Waals surface area contributed by atoms with Crippen molar-refractivity contribution in [2.45, 2.75) is 31.9 Å². The molecule has 2 saturated heterocycles. The van der Waals surface area contributed by atoms with Crippen molar-refractivity contribution in [3.05, 3.63) is 23.8 Å². The Morgan fingerprint density at radius 3 is 2.86 bits per heavy atom. The van der Waals surface area contributed by atoms with Gasteiger partial charge in [-0.2, -0.15) is 0 Å². The summed E-state index contributed by atoms with van der Waals surface area (Å²) in [6.07, 6.45) is 0.227. The lowest BCUT2D eigenvalue weighted by Gasteiger charge is -2.32. The molecule has 9 heteroatoms. The van der Waals surface area contributed by atoms with Gasteiger partial charge in [-0.1, -0.05) is 6.07 Å². The van der Waals surface area contributed by atoms with E-state index in [4.69, 9.17) is 14.2 Å². The fourth-order valence-corrected chi connectivity index (χ4v) is 3.75. The third kappa shape index (κ3) is 3.37. The van der Waals surface area contributed by atoms with Crippen LogP contribution in [-0.2, 0) is 20.7 Å². The van der Waals surface area contributed by atoms with Gasteiger partial charge >= 0.3 is 6.03 Å². The number of morpholine rings is 1. The number of urea groups is 1. The molecule has 1 aromatic rings. The summed E-state index contributed by atoms with van der Waals surface area (Å²) in [4.78, 5) is 40.5. The van der Waals surface area contributed by atoms with Crippen LogP contribution in [0.15, 0.2) is 18.2 Å². The molecule has 1 aromatic carbocycles. The first kappa shape index (κ1) is 18.5. The predicted molar refractivity (Wildman–Crippen MR) is 96.9 cm³/mol. The van der Waals surface area contributed by atoms with Gasteiger partial charge in [-0.15, -0.1) is 0 Å². The van der Waals surface area contributed by atoms with E-state index in [0.29, 0.717) is 31.2 Å². The second-order valence-electron chi connectivity index (χ2n) is 7.54. The van der Waals surface area contributed by atoms with Crippen LogP contribution < -0.4 is 14.8 Å². The Morgan fingerprint density at radius 1 is 1.29 bits per heavy atom. The number of fused-ring (bicyclic) bond motifs is 1. The van der Waals surface area contributed by atoms with E-state index in [9.17, 15) is 14.4 Å². The van der Waals surface area contributed by atoms with Gasteiger partial charge in [-0.3, -0.25) is 14.5 Å². The van der Waals surface area contributed by atoms with Crippen LogP contribution in [0.3, 0.4) is 0 Å². The molecule has 0 bridgehead atoms. The molecule has 3 aliphatic rings. The largest absolute Gasteiger partial charge is 0.454 e. The first-order valence-electron chi connectivity index (χ1n) is 9.28. The molecule has 4 rings (SSSR count). The Hall–Kier alpha value is -2.81. The first-order chi connectivity index (χ1) is 13.4. The fourth-order valence-electron chi connectivity index (χ4n) is 3.75. The molecule has 3 aliphatic heterocycles. The van der Waals surface area contributed by atoms with Crippen LogP contribution in [0, 0.1) is 0 Å². The van der Waals surface area contributed by atoms with E-state index in [1.54, 1.807) is 24.0 Å². The van der Waals surface area contributed by atoms with Gasteiger partial charge in [0.1, 0.15) is 12.1 Å². The van der Waals surface area contributed by atoms with Crippen molar-refractivity contribution in [2.75, 3.05) is 33.0 Å². The fraction of sp³-hybridized carbons (Fsp3) is 0.526. The van der Waals surface area contributed by atoms with Crippen molar-refractivity contribution in [2.24, 2.45) is 0 Å². The summed E-state index contributed by atoms with van der Waals surface area (Å²) in [5.74, 6) is 0.602. The molecule has 2 atom stereocenters. The molecule has 3 heterocycles. The highest BCUT2D eigenvalue weighted by Gasteiger charge is 2.48. The van der Waals surface area contributed by atoms with E-state index in [-0.39, 0.29) is 31.8 Å². The van der Waals surface area contributed by atoms with Crippen molar-refractivity contribution in [3.63, 3.8) is 0 Å². The molecular formula is C19H23N3O6. The third-order valence-corrected chi connectivity index (χ3v) is 5.23. The minimum absolute atomic E-state index is 0.0583. The van der Waals surface area contributed by atoms with Crippen molar-refractivity contribution in [1.29, 1.82) is 0 Å². The average molecular weight is 389 g/mol. The van der Waals surface area contributed by atoms with Gasteiger partial charge in [-0.25, -0.2) is 4.79 Å². The number of hydrogen-bond donors (Lipinski definition) is 1. The first-order valence-corrected chi connectivity index (χ1v) is 9.28. The van der Waals surface area contributed by atoms with E-state index >= 15 is 0 Å². The highest BCUT2D eigenvalue weighted by molar-refractivity contribution is 6.09. The van der Waals surface area contributed by atoms with Gasteiger partial charge < -0.3 is 24.4 Å². The molecule has 28 heavy (non-hydrogen) atoms. The van der Waals surface area contributed by atoms with Crippen LogP contribution in [0.25, 0.3) is 0 Å². The number of carbonyl (C=O) groups is 3. The standard InChI is InChI=1S/C19H23N3O6/c1-12-9-21(5-6-26-12)16(23)10-22-17(24)19(2,20-18(22)25)8-13-3-4-14-15(7-13)28-11-27-14/h3-4,7,12H,5-6,8-11H2,1-2H3,(H,20,25)/t12-,19-/m0/s1. The summed E-state index contributed by atoms with van der Waals surface area (Å²) < 4.78 is 16.1. The number of imide groups is 1. The van der Waals surface area contributed by atoms with Crippen LogP contribution in [-0.4, -0.2) is 72.3 Å². The number of rotatable bonds is 4. The van der Waals surface area contributed by atoms with E-state index in [1.165, 1.54) is 0 Å². The molecule has 4 amide bonds. The van der Waals surface area contributed by atoms with Crippen molar-refractivity contribution in [1.82, 2.24) is 15.1 Å². The van der Waals surface area contributed by atoms with Gasteiger partial charge in [-0.05, 0) is 31.5 Å². The summed E-state index contributed by atoms with van der Waals surface area (Å²) in [6.45, 7) is 4.82. The molecule has 0 aliphatic carbocycles. The molecular weight excluding hydrogens is 366 g/mol. The summed E-state index contributed by atoms with van der Waals surface area (Å²) in [5, 5.41) is 2.73. The van der Waals surface area contributed by atoms with Crippen LogP contribution in [0.4, 0.5) is 4.79 Å². The van der Waals surface area contributed by atoms with Crippen molar-refractivity contribution >= 4 is 17.8 Å². The Kier molecular flexibility index (Phi) is 4.62. The number of carbonyl (C=O) groups excluding carboxylic acids is 3. The van der Waals surface area contributed by atoms with Gasteiger partial charge in [0.15, 0.2) is 11.5 Å². The SMILES string of the molecule is C[C@H]1CN(C(=O)CN2C(=O)N[C@@](C)(Cc3ccc4c(c3)OCO4)C2=O)CCO1. The minimum atomic E-state index is -1.12. The number of nitrogens with one attached hydrogen (secondary N) is 1. The highest BCUT2D eigenvalue weighted by Crippen LogP contribution is 2.34. The predicted octanol–water partition coefficient (Wildman–Crippen LogP) is 0.516. The minimum Gasteiger partial charge on any atom is -0.454 e. The summed E-state index contributed by atoms with van der Waals surface area (Å²) in [7, 11) is 0. The quantitative estimate of drug-likeness (QED) is 0.754. The van der Waals surface area contributed by atoms with Crippen LogP contribution in [0.1, 0.15) is 19.4 Å². The van der Waals surface area contributed by atoms with Gasteiger partial charge in [0.25, 0.3) is 5.91 Å². The molecule has 0 spiro atoms. The van der Waals surface area contributed by atoms with Gasteiger partial charge in [0.05, 0.1) is 12.7 Å². The topological polar surface area (TPSA) is 97.4 Å². The Morgan fingerprint density at radius 2 is 2.07 bits per heavy atom. The second-order valence-corrected chi connectivity index (χ2v) is 7.54. The van der Waals surface area contributed by atoms with Crippen molar-refractivity contribution < 1.29 is 28.6 Å². The second kappa shape index (κ2) is 6.97. The molecule has 2 fully saturated rings. The van der Waals surface area contributed by atoms with Crippen LogP contribution >= 0.6 is 0 Å². The molecule has 0 unspecified atom stereocenters. The molecule has 1 N–H and O–H groups in total. The average Bonchev–Trinajstić information content (AvgIpc) is 3.19. The number of amides is 4. The third-order valence-electron chi connectivity index (χ3n) is 5.23. The smallest absolute Gasteiger partial charge is 0.325 e. The number of benzene rings is 1. The maximum atomic E-state index is 12.9. The Bertz CT molecular complexity index is 828. The lowest BCUT2D eigenvalue weighted by atomic mass is 9.92. The van der Waals surface area contributed by atoms with Crippen molar-refractivity contribution in [3.8, 4) is 11.5 Å². The monoisotopic (exact) mass is 389 g/mol. The van der Waals surface area contributed by atoms with E-state index in [1.807, 2.05) is 13.0 Å². The summed E-state index contributed by atoms with van der Waals surface area (Å²) >= 11 is 0.